The topological polar surface area (TPSA) is 93.5 Å². The molecule has 0 saturated carbocycles. The monoisotopic (exact) mass is 361 g/mol. The molecule has 138 valence electrons. The molecular weight excluding hydrogens is 341 g/mol. The Morgan fingerprint density at radius 3 is 2.92 bits per heavy atom. The normalized spacial score (nSPS) is 17.3. The number of halogens is 1. The van der Waals surface area contributed by atoms with Gasteiger partial charge in [-0.3, -0.25) is 9.48 Å². The summed E-state index contributed by atoms with van der Waals surface area (Å²) in [5.74, 6) is -2.00. The molecule has 1 amide bonds. The molecule has 0 radical (unpaired) electrons. The third-order valence-corrected chi connectivity index (χ3v) is 4.41. The number of anilines is 1. The predicted molar refractivity (Wildman–Crippen MR) is 91.8 cm³/mol. The number of fused-ring (bicyclic) bond motifs is 1. The van der Waals surface area contributed by atoms with E-state index in [2.05, 4.69) is 17.3 Å². The Hall–Kier alpha value is -2.90. The van der Waals surface area contributed by atoms with E-state index >= 15 is 0 Å². The second-order valence-electron chi connectivity index (χ2n) is 6.52. The zero-order valence-electron chi connectivity index (χ0n) is 14.5. The van der Waals surface area contributed by atoms with Gasteiger partial charge in [-0.15, -0.1) is 0 Å². The highest BCUT2D eigenvalue weighted by atomic mass is 19.1. The number of rotatable bonds is 5. The molecule has 2 unspecified atom stereocenters. The maximum atomic E-state index is 14.1. The van der Waals surface area contributed by atoms with Crippen molar-refractivity contribution in [3.8, 4) is 5.75 Å². The van der Waals surface area contributed by atoms with Crippen LogP contribution in [0.15, 0.2) is 24.4 Å². The minimum atomic E-state index is -1.19. The SMILES string of the molecule is CC1CCn2ncc(C(=O)Nc3ccc(OC(C)C(=O)O)c(F)c3)c2C1. The van der Waals surface area contributed by atoms with Crippen LogP contribution in [0.3, 0.4) is 0 Å². The van der Waals surface area contributed by atoms with Gasteiger partial charge in [0.05, 0.1) is 17.5 Å². The first-order chi connectivity index (χ1) is 12.3. The molecule has 1 aromatic carbocycles. The number of hydrogen-bond acceptors (Lipinski definition) is 4. The second-order valence-corrected chi connectivity index (χ2v) is 6.52. The maximum absolute atomic E-state index is 14.1. The molecule has 0 fully saturated rings. The van der Waals surface area contributed by atoms with Gasteiger partial charge >= 0.3 is 5.97 Å². The number of carbonyl (C=O) groups excluding carboxylic acids is 1. The summed E-state index contributed by atoms with van der Waals surface area (Å²) < 4.78 is 21.0. The van der Waals surface area contributed by atoms with Crippen LogP contribution >= 0.6 is 0 Å². The predicted octanol–water partition coefficient (Wildman–Crippen LogP) is 2.71. The van der Waals surface area contributed by atoms with Crippen LogP contribution in [0.25, 0.3) is 0 Å². The molecular formula is C18H20FN3O4. The minimum absolute atomic E-state index is 0.186. The first kappa shape index (κ1) is 17.9. The number of aryl methyl sites for hydroxylation is 1. The summed E-state index contributed by atoms with van der Waals surface area (Å²) in [4.78, 5) is 23.3. The number of hydrogen-bond donors (Lipinski definition) is 2. The number of aliphatic carboxylic acids is 1. The summed E-state index contributed by atoms with van der Waals surface area (Å²) in [7, 11) is 0. The number of ether oxygens (including phenoxy) is 1. The molecule has 0 saturated heterocycles. The van der Waals surface area contributed by atoms with Crippen molar-refractivity contribution in [3.63, 3.8) is 0 Å². The molecule has 7 nitrogen and oxygen atoms in total. The van der Waals surface area contributed by atoms with Crippen LogP contribution in [-0.4, -0.2) is 32.9 Å². The summed E-state index contributed by atoms with van der Waals surface area (Å²) in [6, 6.07) is 3.85. The number of benzene rings is 1. The highest BCUT2D eigenvalue weighted by molar-refractivity contribution is 6.05. The Labute approximate surface area is 149 Å². The summed E-state index contributed by atoms with van der Waals surface area (Å²) in [5, 5.41) is 15.7. The van der Waals surface area contributed by atoms with Crippen molar-refractivity contribution in [3.05, 3.63) is 41.5 Å². The van der Waals surface area contributed by atoms with Crippen molar-refractivity contribution in [1.29, 1.82) is 0 Å². The molecule has 2 heterocycles. The largest absolute Gasteiger partial charge is 0.479 e. The fraction of sp³-hybridized carbons (Fsp3) is 0.389. The molecule has 8 heteroatoms. The van der Waals surface area contributed by atoms with Crippen LogP contribution in [0, 0.1) is 11.7 Å². The number of amides is 1. The molecule has 3 rings (SSSR count). The average Bonchev–Trinajstić information content (AvgIpc) is 3.00. The Balaban J connectivity index is 1.73. The van der Waals surface area contributed by atoms with Gasteiger partial charge in [0, 0.05) is 18.3 Å². The van der Waals surface area contributed by atoms with Crippen LogP contribution in [0.1, 0.15) is 36.3 Å². The van der Waals surface area contributed by atoms with Crippen molar-refractivity contribution < 1.29 is 23.8 Å². The average molecular weight is 361 g/mol. The van der Waals surface area contributed by atoms with Crippen LogP contribution in [-0.2, 0) is 17.8 Å². The van der Waals surface area contributed by atoms with E-state index in [1.807, 2.05) is 4.68 Å². The number of carboxylic acids is 1. The van der Waals surface area contributed by atoms with E-state index in [1.54, 1.807) is 0 Å². The summed E-state index contributed by atoms with van der Waals surface area (Å²) >= 11 is 0. The smallest absolute Gasteiger partial charge is 0.344 e. The first-order valence-corrected chi connectivity index (χ1v) is 8.40. The quantitative estimate of drug-likeness (QED) is 0.854. The van der Waals surface area contributed by atoms with Crippen molar-refractivity contribution in [2.75, 3.05) is 5.32 Å². The van der Waals surface area contributed by atoms with Crippen LogP contribution in [0.5, 0.6) is 5.75 Å². The molecule has 1 aliphatic heterocycles. The standard InChI is InChI=1S/C18H20FN3O4/c1-10-5-6-22-15(7-10)13(9-20-22)17(23)21-12-3-4-16(14(19)8-12)26-11(2)18(24)25/h3-4,8-11H,5-7H2,1-2H3,(H,21,23)(H,24,25). The number of carbonyl (C=O) groups is 2. The van der Waals surface area contributed by atoms with Gasteiger partial charge in [-0.1, -0.05) is 6.92 Å². The Bertz CT molecular complexity index is 849. The second kappa shape index (κ2) is 7.15. The van der Waals surface area contributed by atoms with E-state index in [0.717, 1.165) is 31.1 Å². The fourth-order valence-electron chi connectivity index (χ4n) is 2.90. The van der Waals surface area contributed by atoms with E-state index < -0.39 is 17.9 Å². The lowest BCUT2D eigenvalue weighted by molar-refractivity contribution is -0.144. The van der Waals surface area contributed by atoms with Crippen molar-refractivity contribution in [2.24, 2.45) is 5.92 Å². The minimum Gasteiger partial charge on any atom is -0.479 e. The lowest BCUT2D eigenvalue weighted by atomic mass is 9.96. The summed E-state index contributed by atoms with van der Waals surface area (Å²) in [5.41, 5.74) is 1.63. The highest BCUT2D eigenvalue weighted by Gasteiger charge is 2.23. The van der Waals surface area contributed by atoms with Crippen molar-refractivity contribution >= 4 is 17.6 Å². The van der Waals surface area contributed by atoms with Gasteiger partial charge in [-0.25, -0.2) is 9.18 Å². The van der Waals surface area contributed by atoms with Gasteiger partial charge in [0.1, 0.15) is 0 Å². The first-order valence-electron chi connectivity index (χ1n) is 8.40. The van der Waals surface area contributed by atoms with E-state index in [9.17, 15) is 14.0 Å². The summed E-state index contributed by atoms with van der Waals surface area (Å²) in [6.45, 7) is 4.22. The molecule has 1 aliphatic rings. The van der Waals surface area contributed by atoms with Gasteiger partial charge in [0.2, 0.25) is 0 Å². The molecule has 0 aliphatic carbocycles. The molecule has 0 bridgehead atoms. The number of nitrogens with one attached hydrogen (secondary N) is 1. The van der Waals surface area contributed by atoms with Crippen LogP contribution in [0.2, 0.25) is 0 Å². The molecule has 26 heavy (non-hydrogen) atoms. The third kappa shape index (κ3) is 3.68. The molecule has 2 N–H and O–H groups in total. The third-order valence-electron chi connectivity index (χ3n) is 4.41. The van der Waals surface area contributed by atoms with Crippen LogP contribution in [0.4, 0.5) is 10.1 Å². The Morgan fingerprint density at radius 1 is 1.46 bits per heavy atom. The van der Waals surface area contributed by atoms with E-state index in [4.69, 9.17) is 9.84 Å². The van der Waals surface area contributed by atoms with Gasteiger partial charge in [-0.05, 0) is 37.8 Å². The van der Waals surface area contributed by atoms with Crippen molar-refractivity contribution in [2.45, 2.75) is 39.3 Å². The number of aromatic nitrogens is 2. The molecule has 1 aromatic heterocycles. The molecule has 2 atom stereocenters. The fourth-order valence-corrected chi connectivity index (χ4v) is 2.90. The van der Waals surface area contributed by atoms with E-state index in [0.29, 0.717) is 11.5 Å². The zero-order valence-corrected chi connectivity index (χ0v) is 14.5. The van der Waals surface area contributed by atoms with Gasteiger partial charge in [0.25, 0.3) is 5.91 Å². The van der Waals surface area contributed by atoms with Crippen LogP contribution < -0.4 is 10.1 Å². The lowest BCUT2D eigenvalue weighted by Gasteiger charge is -2.20. The Morgan fingerprint density at radius 2 is 2.23 bits per heavy atom. The highest BCUT2D eigenvalue weighted by Crippen LogP contribution is 2.25. The van der Waals surface area contributed by atoms with E-state index in [1.165, 1.54) is 25.3 Å². The van der Waals surface area contributed by atoms with Gasteiger partial charge in [-0.2, -0.15) is 5.10 Å². The zero-order chi connectivity index (χ0) is 18.8. The van der Waals surface area contributed by atoms with Gasteiger partial charge in [0.15, 0.2) is 17.7 Å². The lowest BCUT2D eigenvalue weighted by Crippen LogP contribution is -2.23. The molecule has 0 spiro atoms. The number of carboxylic acid groups (broad SMARTS) is 1. The Kier molecular flexibility index (Phi) is 4.92. The molecule has 2 aromatic rings. The number of nitrogens with zero attached hydrogens (tertiary/aromatic N) is 2. The van der Waals surface area contributed by atoms with Crippen molar-refractivity contribution in [1.82, 2.24) is 9.78 Å². The summed E-state index contributed by atoms with van der Waals surface area (Å²) in [6.07, 6.45) is 2.16. The maximum Gasteiger partial charge on any atom is 0.344 e. The van der Waals surface area contributed by atoms with E-state index in [-0.39, 0.29) is 17.3 Å². The van der Waals surface area contributed by atoms with Gasteiger partial charge < -0.3 is 15.2 Å².